The van der Waals surface area contributed by atoms with Crippen LogP contribution in [0.2, 0.25) is 0 Å². The van der Waals surface area contributed by atoms with E-state index < -0.39 is 6.10 Å². The van der Waals surface area contributed by atoms with Crippen molar-refractivity contribution in [3.05, 3.63) is 114 Å². The summed E-state index contributed by atoms with van der Waals surface area (Å²) in [5, 5.41) is 11.0. The topological polar surface area (TPSA) is 55.4 Å². The molecule has 0 saturated carbocycles. The quantitative estimate of drug-likeness (QED) is 0.299. The highest BCUT2D eigenvalue weighted by Gasteiger charge is 2.23. The lowest BCUT2D eigenvalue weighted by Crippen LogP contribution is -2.47. The molecule has 0 spiro atoms. The molecular weight excluding hydrogens is 456 g/mol. The fourth-order valence-electron chi connectivity index (χ4n) is 5.47. The number of H-pyrrole nitrogens is 1. The summed E-state index contributed by atoms with van der Waals surface area (Å²) in [4.78, 5) is 13.0. The largest absolute Gasteiger partial charge is 0.385 e. The van der Waals surface area contributed by atoms with Gasteiger partial charge < -0.3 is 15.0 Å². The molecule has 5 nitrogen and oxygen atoms in total. The van der Waals surface area contributed by atoms with Crippen LogP contribution in [0.4, 0.5) is 0 Å². The van der Waals surface area contributed by atoms with E-state index in [-0.39, 0.29) is 0 Å². The van der Waals surface area contributed by atoms with Crippen molar-refractivity contribution in [3.8, 4) is 11.4 Å². The lowest BCUT2D eigenvalue weighted by atomic mass is 9.87. The van der Waals surface area contributed by atoms with Gasteiger partial charge in [0, 0.05) is 49.9 Å². The lowest BCUT2D eigenvalue weighted by Gasteiger charge is -2.35. The molecule has 1 unspecified atom stereocenters. The summed E-state index contributed by atoms with van der Waals surface area (Å²) in [6.07, 6.45) is 1.73. The molecule has 1 atom stereocenters. The van der Waals surface area contributed by atoms with Gasteiger partial charge in [-0.25, -0.2) is 4.98 Å². The number of nitrogens with zero attached hydrogens (tertiary/aromatic N) is 3. The number of rotatable bonds is 10. The third-order valence-electron chi connectivity index (χ3n) is 7.55. The Hall–Kier alpha value is -3.25. The smallest absolute Gasteiger partial charge is 0.137 e. The molecule has 4 aromatic rings. The molecule has 2 N–H and O–H groups in total. The minimum atomic E-state index is -0.585. The van der Waals surface area contributed by atoms with Gasteiger partial charge in [-0.1, -0.05) is 91.0 Å². The molecule has 0 radical (unpaired) electrons. The maximum atomic E-state index is 11.0. The molecule has 1 aliphatic rings. The van der Waals surface area contributed by atoms with Crippen LogP contribution in [0.3, 0.4) is 0 Å². The second-order valence-corrected chi connectivity index (χ2v) is 10.1. The van der Waals surface area contributed by atoms with Crippen LogP contribution in [0.15, 0.2) is 91.0 Å². The number of aliphatic hydroxyl groups is 1. The predicted molar refractivity (Wildman–Crippen MR) is 151 cm³/mol. The summed E-state index contributed by atoms with van der Waals surface area (Å²) >= 11 is 0. The molecule has 1 aromatic heterocycles. The van der Waals surface area contributed by atoms with Crippen molar-refractivity contribution in [1.82, 2.24) is 19.8 Å². The molecule has 192 valence electrons. The number of hydrogen-bond donors (Lipinski definition) is 2. The Bertz CT molecular complexity index is 1180. The van der Waals surface area contributed by atoms with Gasteiger partial charge in [-0.05, 0) is 37.4 Å². The van der Waals surface area contributed by atoms with Gasteiger partial charge >= 0.3 is 0 Å². The Kier molecular flexibility index (Phi) is 8.46. The SMILES string of the molecule is Cc1[nH]c(-c2ccccc2)nc1C(O)CN1CCN(CCCC(c2ccccc2)c2ccccc2)CC1. The zero-order chi connectivity index (χ0) is 25.5. The predicted octanol–water partition coefficient (Wildman–Crippen LogP) is 5.65. The van der Waals surface area contributed by atoms with Crippen LogP contribution in [0.25, 0.3) is 11.4 Å². The lowest BCUT2D eigenvalue weighted by molar-refractivity contribution is 0.0699. The number of imidazole rings is 1. The van der Waals surface area contributed by atoms with Crippen molar-refractivity contribution in [1.29, 1.82) is 0 Å². The van der Waals surface area contributed by atoms with Crippen LogP contribution < -0.4 is 0 Å². The van der Waals surface area contributed by atoms with Crippen molar-refractivity contribution < 1.29 is 5.11 Å². The maximum Gasteiger partial charge on any atom is 0.137 e. The summed E-state index contributed by atoms with van der Waals surface area (Å²) in [6, 6.07) is 31.9. The number of piperazine rings is 1. The first-order valence-corrected chi connectivity index (χ1v) is 13.5. The second kappa shape index (κ2) is 12.3. The molecule has 1 aliphatic heterocycles. The molecule has 3 aromatic carbocycles. The molecule has 1 saturated heterocycles. The van der Waals surface area contributed by atoms with E-state index in [1.807, 2.05) is 37.3 Å². The summed E-state index contributed by atoms with van der Waals surface area (Å²) in [6.45, 7) is 7.78. The van der Waals surface area contributed by atoms with Crippen molar-refractivity contribution in [2.75, 3.05) is 39.3 Å². The van der Waals surface area contributed by atoms with E-state index in [2.05, 4.69) is 75.4 Å². The average molecular weight is 495 g/mol. The van der Waals surface area contributed by atoms with Gasteiger partial charge in [-0.3, -0.25) is 4.90 Å². The number of benzene rings is 3. The first-order valence-electron chi connectivity index (χ1n) is 13.5. The van der Waals surface area contributed by atoms with E-state index in [1.165, 1.54) is 17.5 Å². The molecule has 5 rings (SSSR count). The summed E-state index contributed by atoms with van der Waals surface area (Å²) in [5.74, 6) is 1.26. The van der Waals surface area contributed by atoms with E-state index in [1.54, 1.807) is 0 Å². The van der Waals surface area contributed by atoms with Gasteiger partial charge in [-0.15, -0.1) is 0 Å². The average Bonchev–Trinajstić information content (AvgIpc) is 3.35. The molecule has 0 bridgehead atoms. The fraction of sp³-hybridized carbons (Fsp3) is 0.344. The Balaban J connectivity index is 1.10. The first kappa shape index (κ1) is 25.4. The highest BCUT2D eigenvalue weighted by atomic mass is 16.3. The van der Waals surface area contributed by atoms with E-state index in [4.69, 9.17) is 4.98 Å². The highest BCUT2D eigenvalue weighted by molar-refractivity contribution is 5.55. The number of aromatic amines is 1. The van der Waals surface area contributed by atoms with Gasteiger partial charge in [-0.2, -0.15) is 0 Å². The fourth-order valence-corrected chi connectivity index (χ4v) is 5.47. The van der Waals surface area contributed by atoms with Crippen LogP contribution in [0.1, 0.15) is 47.4 Å². The zero-order valence-corrected chi connectivity index (χ0v) is 21.8. The number of aromatic nitrogens is 2. The Labute approximate surface area is 220 Å². The van der Waals surface area contributed by atoms with Crippen molar-refractivity contribution >= 4 is 0 Å². The van der Waals surface area contributed by atoms with E-state index in [0.29, 0.717) is 12.5 Å². The normalized spacial score (nSPS) is 15.8. The van der Waals surface area contributed by atoms with Gasteiger partial charge in [0.05, 0.1) is 5.69 Å². The van der Waals surface area contributed by atoms with Gasteiger partial charge in [0.2, 0.25) is 0 Å². The van der Waals surface area contributed by atoms with Crippen LogP contribution in [-0.4, -0.2) is 64.1 Å². The third-order valence-corrected chi connectivity index (χ3v) is 7.55. The van der Waals surface area contributed by atoms with Crippen molar-refractivity contribution in [2.45, 2.75) is 31.8 Å². The number of nitrogens with one attached hydrogen (secondary N) is 1. The molecule has 0 aliphatic carbocycles. The van der Waals surface area contributed by atoms with Gasteiger partial charge in [0.1, 0.15) is 11.9 Å². The van der Waals surface area contributed by atoms with Crippen molar-refractivity contribution in [2.24, 2.45) is 0 Å². The minimum absolute atomic E-state index is 0.441. The molecule has 2 heterocycles. The maximum absolute atomic E-state index is 11.0. The Morgan fingerprint density at radius 2 is 1.32 bits per heavy atom. The van der Waals surface area contributed by atoms with E-state index >= 15 is 0 Å². The van der Waals surface area contributed by atoms with Crippen LogP contribution >= 0.6 is 0 Å². The number of hydrogen-bond acceptors (Lipinski definition) is 4. The van der Waals surface area contributed by atoms with Crippen LogP contribution in [-0.2, 0) is 0 Å². The molecular formula is C32H38N4O. The molecule has 5 heteroatoms. The number of aliphatic hydroxyl groups excluding tert-OH is 1. The summed E-state index contributed by atoms with van der Waals surface area (Å²) < 4.78 is 0. The number of aryl methyl sites for hydroxylation is 1. The standard InChI is InChI=1S/C32H38N4O/c1-25-31(34-32(33-25)28-16-9-4-10-17-28)30(37)24-36-22-20-35(21-23-36)19-11-18-29(26-12-5-2-6-13-26)27-14-7-3-8-15-27/h2-10,12-17,29-30,37H,11,18-24H2,1H3,(H,33,34). The van der Waals surface area contributed by atoms with Gasteiger partial charge in [0.25, 0.3) is 0 Å². The first-order chi connectivity index (χ1) is 18.2. The molecule has 0 amide bonds. The van der Waals surface area contributed by atoms with E-state index in [9.17, 15) is 5.11 Å². The van der Waals surface area contributed by atoms with E-state index in [0.717, 1.165) is 61.9 Å². The summed E-state index contributed by atoms with van der Waals surface area (Å²) in [7, 11) is 0. The van der Waals surface area contributed by atoms with Gasteiger partial charge in [0.15, 0.2) is 0 Å². The van der Waals surface area contributed by atoms with Crippen molar-refractivity contribution in [3.63, 3.8) is 0 Å². The summed E-state index contributed by atoms with van der Waals surface area (Å²) in [5.41, 5.74) is 5.54. The number of β-amino-alcohol motifs (C(OH)–C–C–N with tert-alkyl or cyclic N) is 1. The Morgan fingerprint density at radius 3 is 1.92 bits per heavy atom. The monoisotopic (exact) mass is 494 g/mol. The molecule has 37 heavy (non-hydrogen) atoms. The third kappa shape index (κ3) is 6.55. The zero-order valence-electron chi connectivity index (χ0n) is 21.8. The Morgan fingerprint density at radius 1 is 0.784 bits per heavy atom. The highest BCUT2D eigenvalue weighted by Crippen LogP contribution is 2.29. The second-order valence-electron chi connectivity index (χ2n) is 10.1. The minimum Gasteiger partial charge on any atom is -0.385 e. The van der Waals surface area contributed by atoms with Crippen LogP contribution in [0, 0.1) is 6.92 Å². The molecule has 1 fully saturated rings. The van der Waals surface area contributed by atoms with Crippen LogP contribution in [0.5, 0.6) is 0 Å².